The Bertz CT molecular complexity index is 674. The Labute approximate surface area is 134 Å². The number of rotatable bonds is 5. The summed E-state index contributed by atoms with van der Waals surface area (Å²) in [5.74, 6) is -0.0603. The van der Waals surface area contributed by atoms with Crippen LogP contribution in [0.2, 0.25) is 0 Å². The Kier molecular flexibility index (Phi) is 4.57. The first kappa shape index (κ1) is 15.1. The SMILES string of the molecule is O=C(CNC(=O)C1Cc2ccccc2O1)OCc1ccccc1. The lowest BCUT2D eigenvalue weighted by atomic mass is 10.1. The van der Waals surface area contributed by atoms with Gasteiger partial charge in [0.1, 0.15) is 18.9 Å². The van der Waals surface area contributed by atoms with Crippen molar-refractivity contribution < 1.29 is 19.1 Å². The summed E-state index contributed by atoms with van der Waals surface area (Å²) in [6, 6.07) is 16.9. The normalized spacial score (nSPS) is 15.4. The van der Waals surface area contributed by atoms with Crippen molar-refractivity contribution in [1.82, 2.24) is 5.32 Å². The summed E-state index contributed by atoms with van der Waals surface area (Å²) in [6.45, 7) is 0.0305. The zero-order valence-electron chi connectivity index (χ0n) is 12.5. The van der Waals surface area contributed by atoms with E-state index in [4.69, 9.17) is 9.47 Å². The maximum atomic E-state index is 12.0. The van der Waals surface area contributed by atoms with Crippen LogP contribution in [0.1, 0.15) is 11.1 Å². The van der Waals surface area contributed by atoms with Gasteiger partial charge >= 0.3 is 5.97 Å². The van der Waals surface area contributed by atoms with Gasteiger partial charge in [-0.25, -0.2) is 0 Å². The lowest BCUT2D eigenvalue weighted by molar-refractivity contribution is -0.145. The number of carbonyl (C=O) groups excluding carboxylic acids is 2. The van der Waals surface area contributed by atoms with E-state index in [-0.39, 0.29) is 19.1 Å². The van der Waals surface area contributed by atoms with Crippen LogP contribution in [0.5, 0.6) is 5.75 Å². The number of nitrogens with one attached hydrogen (secondary N) is 1. The van der Waals surface area contributed by atoms with Gasteiger partial charge < -0.3 is 14.8 Å². The number of hydrogen-bond acceptors (Lipinski definition) is 4. The van der Waals surface area contributed by atoms with Crippen LogP contribution < -0.4 is 10.1 Å². The minimum Gasteiger partial charge on any atom is -0.480 e. The third-order valence-electron chi connectivity index (χ3n) is 3.59. The summed E-state index contributed by atoms with van der Waals surface area (Å²) >= 11 is 0. The molecule has 1 heterocycles. The van der Waals surface area contributed by atoms with Gasteiger partial charge in [0.05, 0.1) is 0 Å². The van der Waals surface area contributed by atoms with Crippen LogP contribution in [0.25, 0.3) is 0 Å². The van der Waals surface area contributed by atoms with Crippen LogP contribution in [-0.4, -0.2) is 24.5 Å². The van der Waals surface area contributed by atoms with E-state index in [0.717, 1.165) is 16.9 Å². The highest BCUT2D eigenvalue weighted by atomic mass is 16.5. The summed E-state index contributed by atoms with van der Waals surface area (Å²) in [7, 11) is 0. The van der Waals surface area contributed by atoms with Crippen molar-refractivity contribution >= 4 is 11.9 Å². The van der Waals surface area contributed by atoms with Gasteiger partial charge in [-0.3, -0.25) is 9.59 Å². The molecule has 3 rings (SSSR count). The van der Waals surface area contributed by atoms with Gasteiger partial charge in [-0.05, 0) is 17.2 Å². The molecule has 0 saturated heterocycles. The Morgan fingerprint density at radius 3 is 2.61 bits per heavy atom. The Morgan fingerprint density at radius 2 is 1.83 bits per heavy atom. The average molecular weight is 311 g/mol. The zero-order chi connectivity index (χ0) is 16.1. The number of amides is 1. The Balaban J connectivity index is 1.42. The summed E-state index contributed by atoms with van der Waals surface area (Å²) in [5, 5.41) is 2.56. The van der Waals surface area contributed by atoms with Crippen LogP contribution >= 0.6 is 0 Å². The van der Waals surface area contributed by atoms with Gasteiger partial charge in [0.15, 0.2) is 6.10 Å². The van der Waals surface area contributed by atoms with Gasteiger partial charge in [0.2, 0.25) is 0 Å². The van der Waals surface area contributed by atoms with Crippen LogP contribution in [0.3, 0.4) is 0 Å². The van der Waals surface area contributed by atoms with E-state index in [0.29, 0.717) is 6.42 Å². The topological polar surface area (TPSA) is 64.6 Å². The molecule has 23 heavy (non-hydrogen) atoms. The third-order valence-corrected chi connectivity index (χ3v) is 3.59. The minimum absolute atomic E-state index is 0.165. The molecule has 1 atom stereocenters. The molecule has 0 aromatic heterocycles. The van der Waals surface area contributed by atoms with Crippen molar-refractivity contribution in [1.29, 1.82) is 0 Å². The second-order valence-corrected chi connectivity index (χ2v) is 5.28. The van der Waals surface area contributed by atoms with Crippen molar-refractivity contribution in [2.75, 3.05) is 6.54 Å². The van der Waals surface area contributed by atoms with Gasteiger partial charge in [-0.15, -0.1) is 0 Å². The van der Waals surface area contributed by atoms with Crippen molar-refractivity contribution in [3.63, 3.8) is 0 Å². The largest absolute Gasteiger partial charge is 0.480 e. The Hall–Kier alpha value is -2.82. The quantitative estimate of drug-likeness (QED) is 0.856. The highest BCUT2D eigenvalue weighted by Crippen LogP contribution is 2.27. The van der Waals surface area contributed by atoms with Crippen LogP contribution in [-0.2, 0) is 27.4 Å². The van der Waals surface area contributed by atoms with E-state index in [1.54, 1.807) is 0 Å². The van der Waals surface area contributed by atoms with E-state index < -0.39 is 12.1 Å². The number of benzene rings is 2. The second-order valence-electron chi connectivity index (χ2n) is 5.28. The first-order chi connectivity index (χ1) is 11.2. The fourth-order valence-electron chi connectivity index (χ4n) is 2.39. The van der Waals surface area contributed by atoms with Crippen LogP contribution in [0, 0.1) is 0 Å². The molecule has 1 aliphatic heterocycles. The molecule has 1 unspecified atom stereocenters. The monoisotopic (exact) mass is 311 g/mol. The molecule has 1 N–H and O–H groups in total. The maximum absolute atomic E-state index is 12.0. The third kappa shape index (κ3) is 3.88. The number of hydrogen-bond donors (Lipinski definition) is 1. The fourth-order valence-corrected chi connectivity index (χ4v) is 2.39. The summed E-state index contributed by atoms with van der Waals surface area (Å²) in [4.78, 5) is 23.7. The number of carbonyl (C=O) groups is 2. The molecule has 5 nitrogen and oxygen atoms in total. The molecule has 2 aromatic rings. The second kappa shape index (κ2) is 6.96. The van der Waals surface area contributed by atoms with Crippen molar-refractivity contribution in [2.45, 2.75) is 19.1 Å². The molecule has 1 aliphatic rings. The van der Waals surface area contributed by atoms with Gasteiger partial charge in [0.25, 0.3) is 5.91 Å². The van der Waals surface area contributed by atoms with Crippen LogP contribution in [0.15, 0.2) is 54.6 Å². The molecule has 0 radical (unpaired) electrons. The molecular formula is C18H17NO4. The number of para-hydroxylation sites is 1. The molecule has 0 saturated carbocycles. The molecule has 0 aliphatic carbocycles. The standard InChI is InChI=1S/C18H17NO4/c20-17(22-12-13-6-2-1-3-7-13)11-19-18(21)16-10-14-8-4-5-9-15(14)23-16/h1-9,16H,10-12H2,(H,19,21). The first-order valence-electron chi connectivity index (χ1n) is 7.44. The van der Waals surface area contributed by atoms with Gasteiger partial charge in [0, 0.05) is 6.42 Å². The number of fused-ring (bicyclic) bond motifs is 1. The molecule has 1 amide bonds. The minimum atomic E-state index is -0.589. The number of esters is 1. The lowest BCUT2D eigenvalue weighted by Gasteiger charge is -2.11. The van der Waals surface area contributed by atoms with Crippen molar-refractivity contribution in [3.05, 3.63) is 65.7 Å². The summed E-state index contributed by atoms with van der Waals surface area (Å²) in [6.07, 6.45) is -0.0736. The molecule has 0 spiro atoms. The average Bonchev–Trinajstić information content (AvgIpc) is 3.03. The highest BCUT2D eigenvalue weighted by molar-refractivity contribution is 5.86. The Morgan fingerprint density at radius 1 is 1.09 bits per heavy atom. The summed E-state index contributed by atoms with van der Waals surface area (Å²) < 4.78 is 10.7. The fraction of sp³-hybridized carbons (Fsp3) is 0.222. The zero-order valence-corrected chi connectivity index (χ0v) is 12.5. The van der Waals surface area contributed by atoms with E-state index in [9.17, 15) is 9.59 Å². The van der Waals surface area contributed by atoms with E-state index in [1.807, 2.05) is 54.6 Å². The molecule has 0 fully saturated rings. The van der Waals surface area contributed by atoms with E-state index in [2.05, 4.69) is 5.32 Å². The van der Waals surface area contributed by atoms with Gasteiger partial charge in [-0.2, -0.15) is 0 Å². The van der Waals surface area contributed by atoms with E-state index >= 15 is 0 Å². The number of ether oxygens (including phenoxy) is 2. The first-order valence-corrected chi connectivity index (χ1v) is 7.44. The van der Waals surface area contributed by atoms with Crippen molar-refractivity contribution in [2.24, 2.45) is 0 Å². The smallest absolute Gasteiger partial charge is 0.325 e. The molecule has 2 aromatic carbocycles. The lowest BCUT2D eigenvalue weighted by Crippen LogP contribution is -2.40. The summed E-state index contributed by atoms with van der Waals surface area (Å²) in [5.41, 5.74) is 1.90. The van der Waals surface area contributed by atoms with Crippen molar-refractivity contribution in [3.8, 4) is 5.75 Å². The van der Waals surface area contributed by atoms with Gasteiger partial charge in [-0.1, -0.05) is 48.5 Å². The molecule has 118 valence electrons. The molecular weight excluding hydrogens is 294 g/mol. The predicted molar refractivity (Wildman–Crippen MR) is 83.8 cm³/mol. The predicted octanol–water partition coefficient (Wildman–Crippen LogP) is 1.85. The molecule has 0 bridgehead atoms. The maximum Gasteiger partial charge on any atom is 0.325 e. The highest BCUT2D eigenvalue weighted by Gasteiger charge is 2.28. The van der Waals surface area contributed by atoms with Crippen LogP contribution in [0.4, 0.5) is 0 Å². The molecule has 5 heteroatoms. The van der Waals surface area contributed by atoms with E-state index in [1.165, 1.54) is 0 Å².